The van der Waals surface area contributed by atoms with Gasteiger partial charge < -0.3 is 10.8 Å². The van der Waals surface area contributed by atoms with Gasteiger partial charge in [0.1, 0.15) is 0 Å². The molecule has 0 unspecified atom stereocenters. The summed E-state index contributed by atoms with van der Waals surface area (Å²) in [6, 6.07) is 4.63. The van der Waals surface area contributed by atoms with E-state index in [-0.39, 0.29) is 0 Å². The van der Waals surface area contributed by atoms with Crippen molar-refractivity contribution in [2.45, 2.75) is 11.7 Å². The highest BCUT2D eigenvalue weighted by Gasteiger charge is 2.59. The molecule has 7 heteroatoms. The van der Waals surface area contributed by atoms with Gasteiger partial charge in [0.05, 0.1) is 0 Å². The van der Waals surface area contributed by atoms with Gasteiger partial charge in [-0.05, 0) is 17.7 Å². The summed E-state index contributed by atoms with van der Waals surface area (Å²) in [6.45, 7) is 0. The normalized spacial score (nSPS) is 15.6. The van der Waals surface area contributed by atoms with Gasteiger partial charge in [-0.25, -0.2) is 4.79 Å². The van der Waals surface area contributed by atoms with Crippen LogP contribution in [0, 0.1) is 0 Å². The van der Waals surface area contributed by atoms with Crippen molar-refractivity contribution >= 4 is 21.9 Å². The maximum absolute atomic E-state index is 12.6. The standard InChI is InChI=1S/C9H7BrF3NO2/c10-6-3-1-5(2-4-6)8(14,7(15)16)9(11,12)13/h1-4H,14H2,(H,15,16)/t8-/m0/s1. The molecule has 0 heterocycles. The van der Waals surface area contributed by atoms with E-state index in [1.807, 2.05) is 0 Å². The van der Waals surface area contributed by atoms with Gasteiger partial charge in [0.25, 0.3) is 0 Å². The number of halogens is 4. The first-order valence-corrected chi connectivity index (χ1v) is 4.84. The van der Waals surface area contributed by atoms with Crippen LogP contribution in [0.4, 0.5) is 13.2 Å². The lowest BCUT2D eigenvalue weighted by Crippen LogP contribution is -2.56. The zero-order valence-corrected chi connectivity index (χ0v) is 9.34. The van der Waals surface area contributed by atoms with Gasteiger partial charge in [0.15, 0.2) is 0 Å². The fraction of sp³-hybridized carbons (Fsp3) is 0.222. The van der Waals surface area contributed by atoms with E-state index in [1.54, 1.807) is 0 Å². The first-order chi connectivity index (χ1) is 7.19. The number of aliphatic carboxylic acids is 1. The Balaban J connectivity index is 3.34. The summed E-state index contributed by atoms with van der Waals surface area (Å²) in [5, 5.41) is 8.63. The molecule has 0 saturated carbocycles. The molecule has 0 fully saturated rings. The van der Waals surface area contributed by atoms with Crippen LogP contribution in [-0.4, -0.2) is 17.3 Å². The van der Waals surface area contributed by atoms with E-state index in [1.165, 1.54) is 12.1 Å². The van der Waals surface area contributed by atoms with E-state index >= 15 is 0 Å². The number of benzene rings is 1. The maximum atomic E-state index is 12.6. The fourth-order valence-electron chi connectivity index (χ4n) is 1.12. The predicted octanol–water partition coefficient (Wildman–Crippen LogP) is 2.25. The summed E-state index contributed by atoms with van der Waals surface area (Å²) in [4.78, 5) is 10.7. The van der Waals surface area contributed by atoms with Crippen LogP contribution in [0.3, 0.4) is 0 Å². The second kappa shape index (κ2) is 4.06. The average Bonchev–Trinajstić information content (AvgIpc) is 2.15. The Bertz CT molecular complexity index is 404. The molecule has 0 saturated heterocycles. The Morgan fingerprint density at radius 3 is 2.00 bits per heavy atom. The highest BCUT2D eigenvalue weighted by Crippen LogP contribution is 2.37. The molecule has 1 atom stereocenters. The van der Waals surface area contributed by atoms with Crippen molar-refractivity contribution in [3.05, 3.63) is 34.3 Å². The summed E-state index contributed by atoms with van der Waals surface area (Å²) < 4.78 is 38.4. The Hall–Kier alpha value is -1.08. The summed E-state index contributed by atoms with van der Waals surface area (Å²) in [5.41, 5.74) is 1.05. The lowest BCUT2D eigenvalue weighted by molar-refractivity contribution is -0.204. The third-order valence-electron chi connectivity index (χ3n) is 2.08. The topological polar surface area (TPSA) is 63.3 Å². The van der Waals surface area contributed by atoms with Crippen molar-refractivity contribution < 1.29 is 23.1 Å². The molecule has 3 nitrogen and oxygen atoms in total. The first kappa shape index (κ1) is 13.0. The largest absolute Gasteiger partial charge is 0.479 e. The van der Waals surface area contributed by atoms with Crippen LogP contribution in [0.15, 0.2) is 28.7 Å². The molecule has 0 aliphatic heterocycles. The smallest absolute Gasteiger partial charge is 0.421 e. The van der Waals surface area contributed by atoms with Crippen LogP contribution < -0.4 is 5.73 Å². The van der Waals surface area contributed by atoms with Crippen LogP contribution in [0.5, 0.6) is 0 Å². The van der Waals surface area contributed by atoms with Crippen molar-refractivity contribution in [1.82, 2.24) is 0 Å². The number of carboxylic acid groups (broad SMARTS) is 1. The monoisotopic (exact) mass is 297 g/mol. The zero-order valence-electron chi connectivity index (χ0n) is 7.75. The van der Waals surface area contributed by atoms with E-state index in [0.717, 1.165) is 12.1 Å². The molecule has 3 N–H and O–H groups in total. The SMILES string of the molecule is N[C@](C(=O)O)(c1ccc(Br)cc1)C(F)(F)F. The lowest BCUT2D eigenvalue weighted by Gasteiger charge is -2.27. The van der Waals surface area contributed by atoms with Crippen molar-refractivity contribution in [2.75, 3.05) is 0 Å². The molecular weight excluding hydrogens is 291 g/mol. The van der Waals surface area contributed by atoms with Gasteiger partial charge in [-0.15, -0.1) is 0 Å². The molecule has 0 radical (unpaired) electrons. The quantitative estimate of drug-likeness (QED) is 0.880. The van der Waals surface area contributed by atoms with Crippen molar-refractivity contribution in [1.29, 1.82) is 0 Å². The number of nitrogens with two attached hydrogens (primary N) is 1. The summed E-state index contributed by atoms with van der Waals surface area (Å²) in [6.07, 6.45) is -5.06. The third kappa shape index (κ3) is 2.05. The van der Waals surface area contributed by atoms with Crippen LogP contribution in [-0.2, 0) is 10.3 Å². The molecule has 0 bridgehead atoms. The molecule has 1 aromatic rings. The Morgan fingerprint density at radius 1 is 1.25 bits per heavy atom. The second-order valence-electron chi connectivity index (χ2n) is 3.12. The lowest BCUT2D eigenvalue weighted by atomic mass is 9.90. The van der Waals surface area contributed by atoms with Gasteiger partial charge in [0.2, 0.25) is 5.54 Å². The third-order valence-corrected chi connectivity index (χ3v) is 2.61. The average molecular weight is 298 g/mol. The van der Waals surface area contributed by atoms with Crippen molar-refractivity contribution in [2.24, 2.45) is 5.73 Å². The van der Waals surface area contributed by atoms with Gasteiger partial charge >= 0.3 is 12.1 Å². The van der Waals surface area contributed by atoms with E-state index in [0.29, 0.717) is 4.47 Å². The van der Waals surface area contributed by atoms with Crippen LogP contribution in [0.1, 0.15) is 5.56 Å². The summed E-state index contributed by atoms with van der Waals surface area (Å²) in [5.74, 6) is -2.14. The van der Waals surface area contributed by atoms with E-state index in [2.05, 4.69) is 15.9 Å². The molecule has 0 aromatic heterocycles. The molecular formula is C9H7BrF3NO2. The van der Waals surface area contributed by atoms with Crippen molar-refractivity contribution in [3.63, 3.8) is 0 Å². The summed E-state index contributed by atoms with van der Waals surface area (Å²) in [7, 11) is 0. The van der Waals surface area contributed by atoms with E-state index in [9.17, 15) is 18.0 Å². The number of alkyl halides is 3. The minimum atomic E-state index is -5.06. The maximum Gasteiger partial charge on any atom is 0.421 e. The Labute approximate surface area is 97.2 Å². The van der Waals surface area contributed by atoms with Crippen molar-refractivity contribution in [3.8, 4) is 0 Å². The number of rotatable bonds is 2. The fourth-order valence-corrected chi connectivity index (χ4v) is 1.39. The zero-order chi connectivity index (χ0) is 12.6. The molecule has 1 rings (SSSR count). The first-order valence-electron chi connectivity index (χ1n) is 4.04. The minimum absolute atomic E-state index is 0.518. The second-order valence-corrected chi connectivity index (χ2v) is 4.03. The Morgan fingerprint density at radius 2 is 1.69 bits per heavy atom. The number of hydrogen-bond donors (Lipinski definition) is 2. The molecule has 0 aliphatic rings. The molecule has 0 spiro atoms. The number of carboxylic acids is 1. The Kier molecular flexibility index (Phi) is 3.30. The van der Waals surface area contributed by atoms with Gasteiger partial charge in [-0.2, -0.15) is 13.2 Å². The molecule has 88 valence electrons. The van der Waals surface area contributed by atoms with Gasteiger partial charge in [-0.3, -0.25) is 0 Å². The molecule has 0 amide bonds. The van der Waals surface area contributed by atoms with E-state index < -0.39 is 23.2 Å². The molecule has 1 aromatic carbocycles. The number of carbonyl (C=O) groups is 1. The predicted molar refractivity (Wildman–Crippen MR) is 53.7 cm³/mol. The highest BCUT2D eigenvalue weighted by molar-refractivity contribution is 9.10. The van der Waals surface area contributed by atoms with E-state index in [4.69, 9.17) is 10.8 Å². The number of hydrogen-bond acceptors (Lipinski definition) is 2. The molecule has 0 aliphatic carbocycles. The van der Waals surface area contributed by atoms with Crippen LogP contribution in [0.2, 0.25) is 0 Å². The minimum Gasteiger partial charge on any atom is -0.479 e. The van der Waals surface area contributed by atoms with Gasteiger partial charge in [-0.1, -0.05) is 28.1 Å². The van der Waals surface area contributed by atoms with Crippen LogP contribution in [0.25, 0.3) is 0 Å². The highest BCUT2D eigenvalue weighted by atomic mass is 79.9. The molecule has 16 heavy (non-hydrogen) atoms. The summed E-state index contributed by atoms with van der Waals surface area (Å²) >= 11 is 3.03. The van der Waals surface area contributed by atoms with Gasteiger partial charge in [0, 0.05) is 4.47 Å². The van der Waals surface area contributed by atoms with Crippen LogP contribution >= 0.6 is 15.9 Å².